The zero-order valence-corrected chi connectivity index (χ0v) is 9.79. The first-order valence-corrected chi connectivity index (χ1v) is 5.98. The highest BCUT2D eigenvalue weighted by atomic mass is 15.3. The van der Waals surface area contributed by atoms with Crippen LogP contribution >= 0.6 is 0 Å². The Morgan fingerprint density at radius 3 is 2.80 bits per heavy atom. The van der Waals surface area contributed by atoms with Crippen molar-refractivity contribution in [3.05, 3.63) is 17.5 Å². The lowest BCUT2D eigenvalue weighted by Crippen LogP contribution is -2.14. The van der Waals surface area contributed by atoms with Gasteiger partial charge in [0, 0.05) is 30.8 Å². The lowest BCUT2D eigenvalue weighted by Gasteiger charge is -2.23. The molecule has 0 spiro atoms. The van der Waals surface area contributed by atoms with Crippen molar-refractivity contribution in [3.8, 4) is 0 Å². The van der Waals surface area contributed by atoms with Gasteiger partial charge in [0.1, 0.15) is 0 Å². The summed E-state index contributed by atoms with van der Waals surface area (Å²) in [5.41, 5.74) is 2.84. The number of aryl methyl sites for hydroxylation is 1. The van der Waals surface area contributed by atoms with Crippen molar-refractivity contribution >= 4 is 0 Å². The first-order chi connectivity index (χ1) is 7.33. The summed E-state index contributed by atoms with van der Waals surface area (Å²) >= 11 is 0. The molecule has 1 fully saturated rings. The Balaban J connectivity index is 2.19. The van der Waals surface area contributed by atoms with E-state index >= 15 is 0 Å². The van der Waals surface area contributed by atoms with E-state index in [1.54, 1.807) is 0 Å². The maximum atomic E-state index is 4.39. The van der Waals surface area contributed by atoms with Crippen molar-refractivity contribution in [3.63, 3.8) is 0 Å². The molecule has 1 aromatic rings. The number of nitrogens with one attached hydrogen (secondary N) is 1. The maximum absolute atomic E-state index is 4.39. The van der Waals surface area contributed by atoms with Gasteiger partial charge in [0.15, 0.2) is 0 Å². The summed E-state index contributed by atoms with van der Waals surface area (Å²) in [5.74, 6) is 0.745. The second-order valence-electron chi connectivity index (χ2n) is 4.54. The topological polar surface area (TPSA) is 29.9 Å². The number of aromatic nitrogens is 2. The highest BCUT2D eigenvalue weighted by Gasteiger charge is 2.21. The molecule has 1 saturated carbocycles. The average Bonchev–Trinajstić information content (AvgIpc) is 2.62. The second-order valence-corrected chi connectivity index (χ2v) is 4.54. The third-order valence-electron chi connectivity index (χ3n) is 3.42. The summed E-state index contributed by atoms with van der Waals surface area (Å²) in [7, 11) is 4.07. The summed E-state index contributed by atoms with van der Waals surface area (Å²) in [6.07, 6.45) is 8.88. The molecular weight excluding hydrogens is 186 g/mol. The molecule has 0 saturated heterocycles. The zero-order valence-electron chi connectivity index (χ0n) is 9.79. The Hall–Kier alpha value is -0.830. The average molecular weight is 207 g/mol. The van der Waals surface area contributed by atoms with E-state index in [9.17, 15) is 0 Å². The van der Waals surface area contributed by atoms with Crippen LogP contribution in [-0.4, -0.2) is 16.8 Å². The molecule has 3 nitrogen and oxygen atoms in total. The van der Waals surface area contributed by atoms with E-state index in [1.165, 1.54) is 43.4 Å². The van der Waals surface area contributed by atoms with Crippen LogP contribution in [-0.2, 0) is 13.6 Å². The molecule has 2 rings (SSSR count). The van der Waals surface area contributed by atoms with Gasteiger partial charge in [0.25, 0.3) is 0 Å². The highest BCUT2D eigenvalue weighted by Crippen LogP contribution is 2.33. The van der Waals surface area contributed by atoms with Gasteiger partial charge in [-0.3, -0.25) is 4.68 Å². The summed E-state index contributed by atoms with van der Waals surface area (Å²) in [5, 5.41) is 7.61. The number of rotatable bonds is 3. The molecule has 1 aromatic heterocycles. The SMILES string of the molecule is CNCc1cnn(C)c1C1CCCCC1. The van der Waals surface area contributed by atoms with Crippen LogP contribution in [0.1, 0.15) is 49.3 Å². The molecule has 15 heavy (non-hydrogen) atoms. The third-order valence-corrected chi connectivity index (χ3v) is 3.42. The summed E-state index contributed by atoms with van der Waals surface area (Å²) in [4.78, 5) is 0. The van der Waals surface area contributed by atoms with E-state index in [2.05, 4.69) is 22.1 Å². The maximum Gasteiger partial charge on any atom is 0.0537 e. The molecule has 1 aliphatic carbocycles. The molecule has 0 radical (unpaired) electrons. The first-order valence-electron chi connectivity index (χ1n) is 5.98. The van der Waals surface area contributed by atoms with Gasteiger partial charge >= 0.3 is 0 Å². The van der Waals surface area contributed by atoms with Crippen molar-refractivity contribution in [1.82, 2.24) is 15.1 Å². The molecule has 84 valence electrons. The number of hydrogen-bond donors (Lipinski definition) is 1. The smallest absolute Gasteiger partial charge is 0.0537 e. The van der Waals surface area contributed by atoms with Gasteiger partial charge in [-0.1, -0.05) is 19.3 Å². The lowest BCUT2D eigenvalue weighted by molar-refractivity contribution is 0.421. The van der Waals surface area contributed by atoms with E-state index in [4.69, 9.17) is 0 Å². The first kappa shape index (κ1) is 10.7. The van der Waals surface area contributed by atoms with Gasteiger partial charge in [-0.25, -0.2) is 0 Å². The molecule has 3 heteroatoms. The largest absolute Gasteiger partial charge is 0.316 e. The van der Waals surface area contributed by atoms with Gasteiger partial charge in [-0.2, -0.15) is 5.10 Å². The van der Waals surface area contributed by atoms with Crippen LogP contribution in [0, 0.1) is 0 Å². The van der Waals surface area contributed by atoms with E-state index < -0.39 is 0 Å². The monoisotopic (exact) mass is 207 g/mol. The molecule has 0 aromatic carbocycles. The molecule has 0 unspecified atom stereocenters. The summed E-state index contributed by atoms with van der Waals surface area (Å²) in [6.45, 7) is 0.944. The molecule has 0 bridgehead atoms. The molecule has 0 aliphatic heterocycles. The molecule has 1 aliphatic rings. The predicted molar refractivity (Wildman–Crippen MR) is 61.8 cm³/mol. The Kier molecular flexibility index (Phi) is 3.41. The van der Waals surface area contributed by atoms with Gasteiger partial charge in [-0.05, 0) is 19.9 Å². The molecule has 1 heterocycles. The Labute approximate surface area is 91.9 Å². The van der Waals surface area contributed by atoms with E-state index in [0.29, 0.717) is 0 Å². The minimum atomic E-state index is 0.745. The molecule has 0 atom stereocenters. The van der Waals surface area contributed by atoms with E-state index in [-0.39, 0.29) is 0 Å². The van der Waals surface area contributed by atoms with Crippen LogP contribution < -0.4 is 5.32 Å². The fourth-order valence-electron chi connectivity index (χ4n) is 2.72. The summed E-state index contributed by atoms with van der Waals surface area (Å²) < 4.78 is 2.07. The van der Waals surface area contributed by atoms with Crippen molar-refractivity contribution in [1.29, 1.82) is 0 Å². The lowest BCUT2D eigenvalue weighted by atomic mass is 9.85. The van der Waals surface area contributed by atoms with Gasteiger partial charge in [-0.15, -0.1) is 0 Å². The van der Waals surface area contributed by atoms with Crippen LogP contribution in [0.25, 0.3) is 0 Å². The zero-order chi connectivity index (χ0) is 10.7. The van der Waals surface area contributed by atoms with Gasteiger partial charge < -0.3 is 5.32 Å². The Bertz CT molecular complexity index is 311. The van der Waals surface area contributed by atoms with Gasteiger partial charge in [0.2, 0.25) is 0 Å². The third kappa shape index (κ3) is 2.23. The highest BCUT2D eigenvalue weighted by molar-refractivity contribution is 5.22. The van der Waals surface area contributed by atoms with E-state index in [0.717, 1.165) is 12.5 Å². The van der Waals surface area contributed by atoms with Gasteiger partial charge in [0.05, 0.1) is 6.20 Å². The predicted octanol–water partition coefficient (Wildman–Crippen LogP) is 2.19. The normalized spacial score (nSPS) is 18.3. The molecular formula is C12H21N3. The van der Waals surface area contributed by atoms with Crippen LogP contribution in [0.2, 0.25) is 0 Å². The Morgan fingerprint density at radius 2 is 2.13 bits per heavy atom. The van der Waals surface area contributed by atoms with Crippen molar-refractivity contribution in [2.24, 2.45) is 7.05 Å². The van der Waals surface area contributed by atoms with Crippen LogP contribution in [0.5, 0.6) is 0 Å². The second kappa shape index (κ2) is 4.79. The molecule has 1 N–H and O–H groups in total. The van der Waals surface area contributed by atoms with E-state index in [1.807, 2.05) is 13.2 Å². The standard InChI is InChI=1S/C12H21N3/c1-13-8-11-9-14-15(2)12(11)10-6-4-3-5-7-10/h9-10,13H,3-8H2,1-2H3. The minimum absolute atomic E-state index is 0.745. The molecule has 0 amide bonds. The fraction of sp³-hybridized carbons (Fsp3) is 0.750. The summed E-state index contributed by atoms with van der Waals surface area (Å²) in [6, 6.07) is 0. The quantitative estimate of drug-likeness (QED) is 0.823. The Morgan fingerprint density at radius 1 is 1.40 bits per heavy atom. The number of hydrogen-bond acceptors (Lipinski definition) is 2. The van der Waals surface area contributed by atoms with Crippen LogP contribution in [0.15, 0.2) is 6.20 Å². The number of nitrogens with zero attached hydrogens (tertiary/aromatic N) is 2. The van der Waals surface area contributed by atoms with Crippen LogP contribution in [0.3, 0.4) is 0 Å². The van der Waals surface area contributed by atoms with Crippen molar-refractivity contribution < 1.29 is 0 Å². The fourth-order valence-corrected chi connectivity index (χ4v) is 2.72. The van der Waals surface area contributed by atoms with Crippen LogP contribution in [0.4, 0.5) is 0 Å². The van der Waals surface area contributed by atoms with Crippen molar-refractivity contribution in [2.75, 3.05) is 7.05 Å². The minimum Gasteiger partial charge on any atom is -0.316 e. The van der Waals surface area contributed by atoms with Crippen molar-refractivity contribution in [2.45, 2.75) is 44.6 Å².